The Hall–Kier alpha value is -2.17. The summed E-state index contributed by atoms with van der Waals surface area (Å²) in [6.45, 7) is 4.38. The van der Waals surface area contributed by atoms with Gasteiger partial charge in [-0.25, -0.2) is 9.18 Å². The minimum atomic E-state index is -1.04. The molecule has 4 nitrogen and oxygen atoms in total. The molecule has 0 aliphatic carbocycles. The zero-order valence-corrected chi connectivity index (χ0v) is 10.8. The molecule has 0 radical (unpaired) electrons. The van der Waals surface area contributed by atoms with E-state index in [2.05, 4.69) is 5.10 Å². The van der Waals surface area contributed by atoms with Gasteiger partial charge >= 0.3 is 5.97 Å². The minimum absolute atomic E-state index is 0.0332. The molecule has 5 heteroatoms. The smallest absolute Gasteiger partial charge is 0.356 e. The van der Waals surface area contributed by atoms with E-state index in [0.717, 1.165) is 11.3 Å². The van der Waals surface area contributed by atoms with E-state index >= 15 is 0 Å². The Labute approximate surface area is 110 Å². The van der Waals surface area contributed by atoms with Gasteiger partial charge in [-0.3, -0.25) is 4.68 Å². The molecule has 0 saturated heterocycles. The van der Waals surface area contributed by atoms with Gasteiger partial charge in [-0.2, -0.15) is 5.10 Å². The summed E-state index contributed by atoms with van der Waals surface area (Å²) in [5.74, 6) is -1.17. The lowest BCUT2D eigenvalue weighted by atomic mass is 10.1. The first-order valence-corrected chi connectivity index (χ1v) is 6.03. The van der Waals surface area contributed by atoms with Crippen molar-refractivity contribution in [1.82, 2.24) is 9.78 Å². The number of aromatic nitrogens is 2. The van der Waals surface area contributed by atoms with E-state index in [4.69, 9.17) is 5.11 Å². The number of nitrogens with zero attached hydrogens (tertiary/aromatic N) is 2. The molecule has 0 saturated carbocycles. The fraction of sp³-hybridized carbons (Fsp3) is 0.286. The van der Waals surface area contributed by atoms with Gasteiger partial charge in [0.2, 0.25) is 0 Å². The Bertz CT molecular complexity index is 588. The van der Waals surface area contributed by atoms with Crippen LogP contribution in [0, 0.1) is 5.82 Å². The van der Waals surface area contributed by atoms with Gasteiger partial charge in [-0.1, -0.05) is 26.0 Å². The Balaban J connectivity index is 2.32. The van der Waals surface area contributed by atoms with Gasteiger partial charge in [-0.05, 0) is 29.7 Å². The van der Waals surface area contributed by atoms with Gasteiger partial charge in [0.25, 0.3) is 0 Å². The summed E-state index contributed by atoms with van der Waals surface area (Å²) >= 11 is 0. The third kappa shape index (κ3) is 2.99. The van der Waals surface area contributed by atoms with Crippen LogP contribution in [0.5, 0.6) is 0 Å². The lowest BCUT2D eigenvalue weighted by Crippen LogP contribution is -2.08. The standard InChI is InChI=1S/C14H15FN2O2/c1-9(2)13-7-12(14(18)19)16-17(13)8-10-3-5-11(15)6-4-10/h3-7,9H,8H2,1-2H3,(H,18,19). The normalized spacial score (nSPS) is 10.9. The molecule has 1 N–H and O–H groups in total. The number of hydrogen-bond donors (Lipinski definition) is 1. The number of carboxylic acid groups (broad SMARTS) is 1. The summed E-state index contributed by atoms with van der Waals surface area (Å²) in [5.41, 5.74) is 1.76. The van der Waals surface area contributed by atoms with Crippen LogP contribution in [0.2, 0.25) is 0 Å². The molecule has 0 amide bonds. The van der Waals surface area contributed by atoms with Crippen molar-refractivity contribution in [1.29, 1.82) is 0 Å². The van der Waals surface area contributed by atoms with Crippen molar-refractivity contribution in [3.8, 4) is 0 Å². The first-order chi connectivity index (χ1) is 8.97. The van der Waals surface area contributed by atoms with E-state index in [1.165, 1.54) is 12.1 Å². The molecule has 1 aromatic heterocycles. The number of hydrogen-bond acceptors (Lipinski definition) is 2. The minimum Gasteiger partial charge on any atom is -0.476 e. The largest absolute Gasteiger partial charge is 0.476 e. The second-order valence-corrected chi connectivity index (χ2v) is 4.70. The highest BCUT2D eigenvalue weighted by Gasteiger charge is 2.15. The first-order valence-electron chi connectivity index (χ1n) is 6.03. The van der Waals surface area contributed by atoms with Gasteiger partial charge < -0.3 is 5.11 Å². The summed E-state index contributed by atoms with van der Waals surface area (Å²) in [6, 6.07) is 7.68. The van der Waals surface area contributed by atoms with E-state index in [1.54, 1.807) is 22.9 Å². The topological polar surface area (TPSA) is 55.1 Å². The highest BCUT2D eigenvalue weighted by Crippen LogP contribution is 2.17. The van der Waals surface area contributed by atoms with E-state index in [-0.39, 0.29) is 17.4 Å². The molecule has 19 heavy (non-hydrogen) atoms. The van der Waals surface area contributed by atoms with Gasteiger partial charge in [-0.15, -0.1) is 0 Å². The Morgan fingerprint density at radius 1 is 1.37 bits per heavy atom. The molecule has 100 valence electrons. The van der Waals surface area contributed by atoms with E-state index in [0.29, 0.717) is 6.54 Å². The zero-order valence-electron chi connectivity index (χ0n) is 10.8. The maximum atomic E-state index is 12.8. The highest BCUT2D eigenvalue weighted by molar-refractivity contribution is 5.85. The van der Waals surface area contributed by atoms with Gasteiger partial charge in [0, 0.05) is 5.69 Å². The van der Waals surface area contributed by atoms with E-state index in [1.807, 2.05) is 13.8 Å². The molecule has 1 aromatic carbocycles. The van der Waals surface area contributed by atoms with Crippen LogP contribution in [-0.4, -0.2) is 20.9 Å². The van der Waals surface area contributed by atoms with Crippen LogP contribution < -0.4 is 0 Å². The molecule has 0 bridgehead atoms. The quantitative estimate of drug-likeness (QED) is 0.921. The molecule has 0 aliphatic heterocycles. The summed E-state index contributed by atoms with van der Waals surface area (Å²) in [4.78, 5) is 11.0. The van der Waals surface area contributed by atoms with Crippen LogP contribution in [-0.2, 0) is 6.54 Å². The van der Waals surface area contributed by atoms with Crippen LogP contribution in [0.3, 0.4) is 0 Å². The van der Waals surface area contributed by atoms with Gasteiger partial charge in [0.1, 0.15) is 5.82 Å². The molecule has 0 atom stereocenters. The highest BCUT2D eigenvalue weighted by atomic mass is 19.1. The molecular weight excluding hydrogens is 247 g/mol. The zero-order chi connectivity index (χ0) is 14.0. The third-order valence-electron chi connectivity index (χ3n) is 2.87. The molecule has 0 unspecified atom stereocenters. The average Bonchev–Trinajstić information content (AvgIpc) is 2.76. The lowest BCUT2D eigenvalue weighted by molar-refractivity contribution is 0.0689. The number of halogens is 1. The van der Waals surface area contributed by atoms with Crippen molar-refractivity contribution in [3.05, 3.63) is 53.1 Å². The van der Waals surface area contributed by atoms with Crippen LogP contribution in [0.25, 0.3) is 0 Å². The van der Waals surface area contributed by atoms with Gasteiger partial charge in [0.15, 0.2) is 5.69 Å². The number of aromatic carboxylic acids is 1. The molecular formula is C14H15FN2O2. The van der Waals surface area contributed by atoms with Crippen LogP contribution in [0.15, 0.2) is 30.3 Å². The number of carboxylic acids is 1. The van der Waals surface area contributed by atoms with Crippen molar-refractivity contribution in [2.75, 3.05) is 0 Å². The summed E-state index contributed by atoms with van der Waals surface area (Å²) in [6.07, 6.45) is 0. The molecule has 2 aromatic rings. The molecule has 0 spiro atoms. The van der Waals surface area contributed by atoms with E-state index < -0.39 is 5.97 Å². The maximum absolute atomic E-state index is 12.8. The van der Waals surface area contributed by atoms with Crippen molar-refractivity contribution >= 4 is 5.97 Å². The molecule has 1 heterocycles. The summed E-state index contributed by atoms with van der Waals surface area (Å²) in [7, 11) is 0. The first kappa shape index (κ1) is 13.3. The molecule has 0 fully saturated rings. The Morgan fingerprint density at radius 2 is 2.00 bits per heavy atom. The predicted octanol–water partition coefficient (Wildman–Crippen LogP) is 2.89. The molecule has 2 rings (SSSR count). The van der Waals surface area contributed by atoms with Crippen molar-refractivity contribution < 1.29 is 14.3 Å². The van der Waals surface area contributed by atoms with E-state index in [9.17, 15) is 9.18 Å². The van der Waals surface area contributed by atoms with Crippen molar-refractivity contribution in [2.24, 2.45) is 0 Å². The van der Waals surface area contributed by atoms with Crippen LogP contribution in [0.4, 0.5) is 4.39 Å². The Kier molecular flexibility index (Phi) is 3.64. The second kappa shape index (κ2) is 5.22. The molecule has 0 aliphatic rings. The van der Waals surface area contributed by atoms with Crippen LogP contribution >= 0.6 is 0 Å². The predicted molar refractivity (Wildman–Crippen MR) is 68.8 cm³/mol. The maximum Gasteiger partial charge on any atom is 0.356 e. The second-order valence-electron chi connectivity index (χ2n) is 4.70. The monoisotopic (exact) mass is 262 g/mol. The summed E-state index contributed by atoms with van der Waals surface area (Å²) in [5, 5.41) is 13.1. The Morgan fingerprint density at radius 3 is 2.53 bits per heavy atom. The lowest BCUT2D eigenvalue weighted by Gasteiger charge is -2.09. The van der Waals surface area contributed by atoms with Gasteiger partial charge in [0.05, 0.1) is 6.54 Å². The SMILES string of the molecule is CC(C)c1cc(C(=O)O)nn1Cc1ccc(F)cc1. The summed E-state index contributed by atoms with van der Waals surface area (Å²) < 4.78 is 14.5. The number of benzene rings is 1. The average molecular weight is 262 g/mol. The van der Waals surface area contributed by atoms with Crippen molar-refractivity contribution in [2.45, 2.75) is 26.3 Å². The van der Waals surface area contributed by atoms with Crippen molar-refractivity contribution in [3.63, 3.8) is 0 Å². The third-order valence-corrected chi connectivity index (χ3v) is 2.87. The van der Waals surface area contributed by atoms with Crippen LogP contribution in [0.1, 0.15) is 41.5 Å². The fourth-order valence-corrected chi connectivity index (χ4v) is 1.89. The number of carbonyl (C=O) groups is 1. The fourth-order valence-electron chi connectivity index (χ4n) is 1.89. The number of rotatable bonds is 4.